The van der Waals surface area contributed by atoms with Crippen molar-refractivity contribution in [3.63, 3.8) is 0 Å². The van der Waals surface area contributed by atoms with Gasteiger partial charge in [-0.05, 0) is 0 Å². The fraction of sp³-hybridized carbons (Fsp3) is 0.800. The van der Waals surface area contributed by atoms with Crippen LogP contribution < -0.4 is 0 Å². The van der Waals surface area contributed by atoms with Gasteiger partial charge in [-0.25, -0.2) is 0 Å². The molecular formula is C10H24O2Ti. The average Bonchev–Trinajstić information content (AvgIpc) is 2.29. The van der Waals surface area contributed by atoms with Gasteiger partial charge in [0, 0.05) is 14.2 Å². The van der Waals surface area contributed by atoms with Crippen molar-refractivity contribution in [1.82, 2.24) is 0 Å². The SMILES string of the molecule is CO.CO.[CH-]1CCCCC1.[CH2-]C.[Ti+2]. The van der Waals surface area contributed by atoms with Crippen LogP contribution in [0.2, 0.25) is 0 Å². The molecule has 0 heterocycles. The molecule has 80 valence electrons. The minimum Gasteiger partial charge on any atom is -0.400 e. The molecule has 0 aromatic rings. The first kappa shape index (κ1) is 23.4. The number of aliphatic hydroxyl groups excluding tert-OH is 2. The zero-order valence-corrected chi connectivity index (χ0v) is 10.8. The van der Waals surface area contributed by atoms with Crippen LogP contribution in [0.25, 0.3) is 0 Å². The summed E-state index contributed by atoms with van der Waals surface area (Å²) in [6, 6.07) is 0. The van der Waals surface area contributed by atoms with Crippen LogP contribution in [-0.4, -0.2) is 24.4 Å². The Kier molecular flexibility index (Phi) is 70.1. The molecule has 0 aromatic carbocycles. The van der Waals surface area contributed by atoms with Gasteiger partial charge in [-0.2, -0.15) is 19.8 Å². The summed E-state index contributed by atoms with van der Waals surface area (Å²) in [5.74, 6) is 0. The van der Waals surface area contributed by atoms with Crippen molar-refractivity contribution in [3.05, 3.63) is 13.3 Å². The van der Waals surface area contributed by atoms with Crippen molar-refractivity contribution >= 4 is 0 Å². The van der Waals surface area contributed by atoms with Crippen LogP contribution in [0.5, 0.6) is 0 Å². The van der Waals surface area contributed by atoms with Gasteiger partial charge in [0.15, 0.2) is 0 Å². The number of rotatable bonds is 0. The third-order valence-corrected chi connectivity index (χ3v) is 1.32. The summed E-state index contributed by atoms with van der Waals surface area (Å²) >= 11 is 0. The molecule has 0 amide bonds. The monoisotopic (exact) mass is 224 g/mol. The Labute approximate surface area is 98.6 Å². The topological polar surface area (TPSA) is 40.5 Å². The second-order valence-electron chi connectivity index (χ2n) is 1.93. The van der Waals surface area contributed by atoms with Crippen molar-refractivity contribution in [2.45, 2.75) is 39.0 Å². The van der Waals surface area contributed by atoms with Crippen molar-refractivity contribution in [3.8, 4) is 0 Å². The van der Waals surface area contributed by atoms with E-state index in [1.165, 1.54) is 32.1 Å². The molecule has 2 N–H and O–H groups in total. The van der Waals surface area contributed by atoms with Crippen LogP contribution >= 0.6 is 0 Å². The second-order valence-corrected chi connectivity index (χ2v) is 1.93. The standard InChI is InChI=1S/C6H11.C2H5.2CH4O.Ti/c1-2-4-6-5-3-1;3*1-2;/h1H,2-6H2;1H2,2H3;2*2H,1H3;/q2*-1;;;+2. The van der Waals surface area contributed by atoms with Gasteiger partial charge < -0.3 is 23.6 Å². The van der Waals surface area contributed by atoms with Gasteiger partial charge in [0.1, 0.15) is 0 Å². The Morgan fingerprint density at radius 1 is 0.846 bits per heavy atom. The van der Waals surface area contributed by atoms with Gasteiger partial charge in [-0.15, -0.1) is 0 Å². The molecule has 0 unspecified atom stereocenters. The Morgan fingerprint density at radius 3 is 1.23 bits per heavy atom. The maximum absolute atomic E-state index is 7.00. The van der Waals surface area contributed by atoms with Crippen LogP contribution in [-0.2, 0) is 21.7 Å². The van der Waals surface area contributed by atoms with Crippen molar-refractivity contribution in [2.75, 3.05) is 14.2 Å². The van der Waals surface area contributed by atoms with Crippen LogP contribution in [0.1, 0.15) is 39.0 Å². The summed E-state index contributed by atoms with van der Waals surface area (Å²) in [5.41, 5.74) is 0. The van der Waals surface area contributed by atoms with Gasteiger partial charge in [0.2, 0.25) is 0 Å². The summed E-state index contributed by atoms with van der Waals surface area (Å²) in [6.07, 6.45) is 9.50. The van der Waals surface area contributed by atoms with Crippen molar-refractivity contribution in [1.29, 1.82) is 0 Å². The van der Waals surface area contributed by atoms with Crippen LogP contribution in [0.15, 0.2) is 0 Å². The van der Waals surface area contributed by atoms with Gasteiger partial charge in [-0.3, -0.25) is 0 Å². The molecular weight excluding hydrogens is 200 g/mol. The van der Waals surface area contributed by atoms with Gasteiger partial charge >= 0.3 is 21.7 Å². The third kappa shape index (κ3) is 32.5. The first-order valence-electron chi connectivity index (χ1n) is 4.42. The van der Waals surface area contributed by atoms with E-state index in [1.807, 2.05) is 0 Å². The van der Waals surface area contributed by atoms with Crippen molar-refractivity contribution in [2.24, 2.45) is 0 Å². The van der Waals surface area contributed by atoms with E-state index in [0.29, 0.717) is 0 Å². The zero-order valence-electron chi connectivity index (χ0n) is 9.21. The van der Waals surface area contributed by atoms with E-state index >= 15 is 0 Å². The Balaban J connectivity index is -0.0000000508. The Hall–Kier alpha value is 0.634. The molecule has 3 heteroatoms. The second kappa shape index (κ2) is 38.9. The summed E-state index contributed by atoms with van der Waals surface area (Å²) in [5, 5.41) is 14.0. The molecule has 0 spiro atoms. The van der Waals surface area contributed by atoms with E-state index in [0.717, 1.165) is 14.2 Å². The van der Waals surface area contributed by atoms with E-state index < -0.39 is 0 Å². The average molecular weight is 224 g/mol. The number of hydrogen-bond acceptors (Lipinski definition) is 2. The molecule has 0 aromatic heterocycles. The first-order chi connectivity index (χ1) is 6.00. The maximum atomic E-state index is 7.00. The predicted molar refractivity (Wildman–Crippen MR) is 54.7 cm³/mol. The van der Waals surface area contributed by atoms with E-state index in [2.05, 4.69) is 13.3 Å². The molecule has 1 saturated carbocycles. The van der Waals surface area contributed by atoms with Gasteiger partial charge in [-0.1, -0.05) is 19.3 Å². The third-order valence-electron chi connectivity index (χ3n) is 1.32. The minimum atomic E-state index is 0. The molecule has 2 nitrogen and oxygen atoms in total. The summed E-state index contributed by atoms with van der Waals surface area (Å²) < 4.78 is 0. The molecule has 1 aliphatic carbocycles. The normalized spacial score (nSPS) is 12.5. The van der Waals surface area contributed by atoms with Crippen molar-refractivity contribution < 1.29 is 31.9 Å². The largest absolute Gasteiger partial charge is 2.00 e. The molecule has 0 bridgehead atoms. The van der Waals surface area contributed by atoms with E-state index in [1.54, 1.807) is 6.92 Å². The Morgan fingerprint density at radius 2 is 1.15 bits per heavy atom. The number of aliphatic hydroxyl groups is 2. The molecule has 0 atom stereocenters. The van der Waals surface area contributed by atoms with Crippen LogP contribution in [0.4, 0.5) is 0 Å². The fourth-order valence-electron chi connectivity index (χ4n) is 0.898. The zero-order chi connectivity index (χ0) is 10.2. The smallest absolute Gasteiger partial charge is 0.400 e. The Bertz CT molecular complexity index is 28.4. The fourth-order valence-corrected chi connectivity index (χ4v) is 0.898. The van der Waals surface area contributed by atoms with E-state index in [9.17, 15) is 0 Å². The quantitative estimate of drug-likeness (QED) is 0.489. The maximum Gasteiger partial charge on any atom is 2.00 e. The predicted octanol–water partition coefficient (Wildman–Crippen LogP) is 2.21. The molecule has 0 radical (unpaired) electrons. The first-order valence-corrected chi connectivity index (χ1v) is 4.42. The van der Waals surface area contributed by atoms with Gasteiger partial charge in [0.25, 0.3) is 0 Å². The summed E-state index contributed by atoms with van der Waals surface area (Å²) in [7, 11) is 2.00. The summed E-state index contributed by atoms with van der Waals surface area (Å²) in [6.45, 7) is 5.00. The van der Waals surface area contributed by atoms with Crippen LogP contribution in [0, 0.1) is 13.3 Å². The van der Waals surface area contributed by atoms with E-state index in [-0.39, 0.29) is 21.7 Å². The molecule has 0 aliphatic heterocycles. The summed E-state index contributed by atoms with van der Waals surface area (Å²) in [4.78, 5) is 0. The van der Waals surface area contributed by atoms with Gasteiger partial charge in [0.05, 0.1) is 0 Å². The molecule has 1 aliphatic rings. The van der Waals surface area contributed by atoms with E-state index in [4.69, 9.17) is 10.2 Å². The molecule has 1 fully saturated rings. The van der Waals surface area contributed by atoms with Crippen LogP contribution in [0.3, 0.4) is 0 Å². The molecule has 1 rings (SSSR count). The molecule has 0 saturated heterocycles. The minimum absolute atomic E-state index is 0. The number of hydrogen-bond donors (Lipinski definition) is 2. The molecule has 13 heavy (non-hydrogen) atoms.